The summed E-state index contributed by atoms with van der Waals surface area (Å²) in [5.41, 5.74) is -0.288. The van der Waals surface area contributed by atoms with Crippen molar-refractivity contribution in [2.24, 2.45) is 5.92 Å². The van der Waals surface area contributed by atoms with Crippen LogP contribution in [0.2, 0.25) is 0 Å². The summed E-state index contributed by atoms with van der Waals surface area (Å²) in [7, 11) is 0. The minimum absolute atomic E-state index is 0.0185. The standard InChI is InChI=1S/C28H45NO7/c1-26(2,3)34-23(31)21(17-20-14-12-19(13-15-20)11-10-16-30)18-22(24(32)35-27(4,5)6)29-25(33)36-28(7,8)9/h12-15,21-22,30H,10-11,16-18H2,1-9H3,(H,29,33). The molecular weight excluding hydrogens is 462 g/mol. The third kappa shape index (κ3) is 13.5. The first-order valence-electron chi connectivity index (χ1n) is 12.5. The van der Waals surface area contributed by atoms with E-state index >= 15 is 0 Å². The minimum atomic E-state index is -1.11. The molecule has 0 saturated carbocycles. The van der Waals surface area contributed by atoms with E-state index in [0.29, 0.717) is 12.8 Å². The molecule has 0 aromatic heterocycles. The Bertz CT molecular complexity index is 858. The average Bonchev–Trinajstić information content (AvgIpc) is 2.68. The Labute approximate surface area is 216 Å². The van der Waals surface area contributed by atoms with Crippen LogP contribution in [0.25, 0.3) is 0 Å². The maximum atomic E-state index is 13.2. The smallest absolute Gasteiger partial charge is 0.408 e. The van der Waals surface area contributed by atoms with Crippen molar-refractivity contribution in [1.29, 1.82) is 0 Å². The molecule has 2 unspecified atom stereocenters. The van der Waals surface area contributed by atoms with E-state index in [-0.39, 0.29) is 13.0 Å². The lowest BCUT2D eigenvalue weighted by molar-refractivity contribution is -0.162. The van der Waals surface area contributed by atoms with Crippen molar-refractivity contribution < 1.29 is 33.7 Å². The highest BCUT2D eigenvalue weighted by atomic mass is 16.6. The van der Waals surface area contributed by atoms with E-state index in [1.807, 2.05) is 24.3 Å². The zero-order chi connectivity index (χ0) is 27.7. The molecule has 1 rings (SSSR count). The van der Waals surface area contributed by atoms with Crippen LogP contribution in [-0.2, 0) is 36.6 Å². The van der Waals surface area contributed by atoms with E-state index in [1.165, 1.54) is 0 Å². The molecule has 1 aromatic carbocycles. The molecule has 8 heteroatoms. The molecular formula is C28H45NO7. The van der Waals surface area contributed by atoms with Crippen LogP contribution in [0.15, 0.2) is 24.3 Å². The predicted octanol–water partition coefficient (Wildman–Crippen LogP) is 4.74. The van der Waals surface area contributed by atoms with E-state index in [0.717, 1.165) is 17.5 Å². The fraction of sp³-hybridized carbons (Fsp3) is 0.679. The number of alkyl carbamates (subject to hydrolysis) is 1. The molecule has 1 aromatic rings. The van der Waals surface area contributed by atoms with Crippen LogP contribution in [0.5, 0.6) is 0 Å². The van der Waals surface area contributed by atoms with Gasteiger partial charge < -0.3 is 24.6 Å². The largest absolute Gasteiger partial charge is 0.460 e. The molecule has 1 amide bonds. The van der Waals surface area contributed by atoms with Gasteiger partial charge in [0.2, 0.25) is 0 Å². The SMILES string of the molecule is CC(C)(C)OC(=O)NC(CC(Cc1ccc(CCCO)cc1)C(=O)OC(C)(C)C)C(=O)OC(C)(C)C. The van der Waals surface area contributed by atoms with Crippen LogP contribution < -0.4 is 5.32 Å². The summed E-state index contributed by atoms with van der Waals surface area (Å²) in [4.78, 5) is 38.7. The lowest BCUT2D eigenvalue weighted by Crippen LogP contribution is -2.48. The van der Waals surface area contributed by atoms with E-state index < -0.39 is 46.8 Å². The molecule has 0 heterocycles. The van der Waals surface area contributed by atoms with Gasteiger partial charge in [-0.2, -0.15) is 0 Å². The number of rotatable bonds is 10. The molecule has 2 N–H and O–H groups in total. The average molecular weight is 508 g/mol. The van der Waals surface area contributed by atoms with Crippen molar-refractivity contribution in [1.82, 2.24) is 5.32 Å². The molecule has 0 saturated heterocycles. The second-order valence-electron chi connectivity index (χ2n) is 12.0. The Kier molecular flexibility index (Phi) is 11.4. The van der Waals surface area contributed by atoms with Crippen molar-refractivity contribution >= 4 is 18.0 Å². The number of aliphatic hydroxyl groups is 1. The Balaban J connectivity index is 3.21. The van der Waals surface area contributed by atoms with Gasteiger partial charge in [-0.1, -0.05) is 24.3 Å². The number of nitrogens with one attached hydrogen (secondary N) is 1. The summed E-state index contributed by atoms with van der Waals surface area (Å²) in [6.07, 6.45) is 0.954. The molecule has 0 bridgehead atoms. The molecule has 0 fully saturated rings. The first-order valence-corrected chi connectivity index (χ1v) is 12.5. The van der Waals surface area contributed by atoms with Gasteiger partial charge in [-0.3, -0.25) is 4.79 Å². The fourth-order valence-electron chi connectivity index (χ4n) is 3.38. The van der Waals surface area contributed by atoms with E-state index in [1.54, 1.807) is 62.3 Å². The summed E-state index contributed by atoms with van der Waals surface area (Å²) in [6, 6.07) is 6.66. The van der Waals surface area contributed by atoms with Crippen LogP contribution in [0, 0.1) is 5.92 Å². The van der Waals surface area contributed by atoms with Crippen molar-refractivity contribution in [3.63, 3.8) is 0 Å². The summed E-state index contributed by atoms with van der Waals surface area (Å²) >= 11 is 0. The molecule has 0 spiro atoms. The monoisotopic (exact) mass is 507 g/mol. The highest BCUT2D eigenvalue weighted by molar-refractivity contribution is 5.83. The van der Waals surface area contributed by atoms with Crippen molar-refractivity contribution in [2.75, 3.05) is 6.61 Å². The Hall–Kier alpha value is -2.61. The molecule has 8 nitrogen and oxygen atoms in total. The van der Waals surface area contributed by atoms with Crippen molar-refractivity contribution in [3.05, 3.63) is 35.4 Å². The molecule has 0 aliphatic heterocycles. The molecule has 0 radical (unpaired) electrons. The summed E-state index contributed by atoms with van der Waals surface area (Å²) in [6.45, 7) is 15.8. The lowest BCUT2D eigenvalue weighted by Gasteiger charge is -2.29. The van der Waals surface area contributed by atoms with Gasteiger partial charge >= 0.3 is 18.0 Å². The number of hydrogen-bond donors (Lipinski definition) is 2. The minimum Gasteiger partial charge on any atom is -0.460 e. The number of carbonyl (C=O) groups is 3. The molecule has 204 valence electrons. The Morgan fingerprint density at radius 1 is 0.778 bits per heavy atom. The number of esters is 2. The van der Waals surface area contributed by atoms with Gasteiger partial charge in [0, 0.05) is 6.61 Å². The van der Waals surface area contributed by atoms with Crippen LogP contribution in [-0.4, -0.2) is 52.6 Å². The summed E-state index contributed by atoms with van der Waals surface area (Å²) < 4.78 is 16.5. The van der Waals surface area contributed by atoms with E-state index in [4.69, 9.17) is 19.3 Å². The van der Waals surface area contributed by atoms with Gasteiger partial charge in [0.05, 0.1) is 5.92 Å². The van der Waals surface area contributed by atoms with Gasteiger partial charge in [0.25, 0.3) is 0 Å². The van der Waals surface area contributed by atoms with Crippen molar-refractivity contribution in [2.45, 2.75) is 111 Å². The lowest BCUT2D eigenvalue weighted by atomic mass is 9.91. The van der Waals surface area contributed by atoms with Crippen LogP contribution in [0.3, 0.4) is 0 Å². The van der Waals surface area contributed by atoms with Gasteiger partial charge in [-0.15, -0.1) is 0 Å². The van der Waals surface area contributed by atoms with Gasteiger partial charge in [0.15, 0.2) is 0 Å². The fourth-order valence-corrected chi connectivity index (χ4v) is 3.38. The number of amides is 1. The predicted molar refractivity (Wildman–Crippen MR) is 139 cm³/mol. The number of benzene rings is 1. The highest BCUT2D eigenvalue weighted by Gasteiger charge is 2.35. The summed E-state index contributed by atoms with van der Waals surface area (Å²) in [5, 5.41) is 11.6. The number of ether oxygens (including phenoxy) is 3. The number of aryl methyl sites for hydroxylation is 1. The van der Waals surface area contributed by atoms with E-state index in [2.05, 4.69) is 5.32 Å². The highest BCUT2D eigenvalue weighted by Crippen LogP contribution is 2.22. The molecule has 36 heavy (non-hydrogen) atoms. The third-order valence-corrected chi connectivity index (χ3v) is 4.77. The Morgan fingerprint density at radius 3 is 1.72 bits per heavy atom. The van der Waals surface area contributed by atoms with Crippen LogP contribution in [0.1, 0.15) is 86.3 Å². The van der Waals surface area contributed by atoms with Crippen LogP contribution in [0.4, 0.5) is 4.79 Å². The van der Waals surface area contributed by atoms with Crippen LogP contribution >= 0.6 is 0 Å². The molecule has 0 aliphatic rings. The van der Waals surface area contributed by atoms with Crippen molar-refractivity contribution in [3.8, 4) is 0 Å². The van der Waals surface area contributed by atoms with E-state index in [9.17, 15) is 14.4 Å². The Morgan fingerprint density at radius 2 is 1.25 bits per heavy atom. The first kappa shape index (κ1) is 31.4. The zero-order valence-electron chi connectivity index (χ0n) is 23.4. The zero-order valence-corrected chi connectivity index (χ0v) is 23.4. The number of aliphatic hydroxyl groups excluding tert-OH is 1. The maximum absolute atomic E-state index is 13.2. The summed E-state index contributed by atoms with van der Waals surface area (Å²) in [5.74, 6) is -1.84. The third-order valence-electron chi connectivity index (χ3n) is 4.77. The second kappa shape index (κ2) is 13.1. The maximum Gasteiger partial charge on any atom is 0.408 e. The molecule has 2 atom stereocenters. The van der Waals surface area contributed by atoms with Gasteiger partial charge in [0.1, 0.15) is 22.8 Å². The van der Waals surface area contributed by atoms with Gasteiger partial charge in [-0.25, -0.2) is 9.59 Å². The first-order chi connectivity index (χ1) is 16.4. The number of hydrogen-bond acceptors (Lipinski definition) is 7. The topological polar surface area (TPSA) is 111 Å². The number of carbonyl (C=O) groups excluding carboxylic acids is 3. The quantitative estimate of drug-likeness (QED) is 0.348. The molecule has 0 aliphatic carbocycles. The van der Waals surface area contributed by atoms with Gasteiger partial charge in [-0.05, 0) is 99.1 Å². The normalized spacial score (nSPS) is 13.9. The second-order valence-corrected chi connectivity index (χ2v) is 12.0.